The van der Waals surface area contributed by atoms with Crippen molar-refractivity contribution in [2.75, 3.05) is 38.2 Å². The third kappa shape index (κ3) is 3.67. The summed E-state index contributed by atoms with van der Waals surface area (Å²) in [6.45, 7) is 3.66. The minimum Gasteiger partial charge on any atom is -0.497 e. The Hall–Kier alpha value is -2.34. The number of piperidine rings is 3. The van der Waals surface area contributed by atoms with Crippen molar-refractivity contribution in [2.24, 2.45) is 17.8 Å². The summed E-state index contributed by atoms with van der Waals surface area (Å²) in [6.07, 6.45) is 10.3. The van der Waals surface area contributed by atoms with Crippen molar-refractivity contribution in [1.82, 2.24) is 9.80 Å². The molecular weight excluding hydrogens is 414 g/mol. The van der Waals surface area contributed by atoms with Crippen molar-refractivity contribution >= 4 is 17.5 Å². The molecule has 6 heteroatoms. The Morgan fingerprint density at radius 1 is 1.06 bits per heavy atom. The Kier molecular flexibility index (Phi) is 5.44. The number of hydrogen-bond acceptors (Lipinski definition) is 4. The van der Waals surface area contributed by atoms with Crippen molar-refractivity contribution in [1.29, 1.82) is 0 Å². The van der Waals surface area contributed by atoms with Gasteiger partial charge in [0.15, 0.2) is 0 Å². The van der Waals surface area contributed by atoms with Crippen molar-refractivity contribution in [3.63, 3.8) is 0 Å². The van der Waals surface area contributed by atoms with E-state index >= 15 is 0 Å². The molecule has 1 aromatic rings. The van der Waals surface area contributed by atoms with Gasteiger partial charge in [-0.3, -0.25) is 14.5 Å². The molecule has 0 unspecified atom stereocenters. The number of ether oxygens (including phenoxy) is 1. The van der Waals surface area contributed by atoms with Gasteiger partial charge < -0.3 is 14.5 Å². The van der Waals surface area contributed by atoms with Gasteiger partial charge in [-0.2, -0.15) is 0 Å². The molecule has 4 heterocycles. The van der Waals surface area contributed by atoms with Crippen molar-refractivity contribution in [3.8, 4) is 5.75 Å². The lowest BCUT2D eigenvalue weighted by molar-refractivity contribution is -0.140. The number of methoxy groups -OCH3 is 1. The second kappa shape index (κ2) is 8.46. The summed E-state index contributed by atoms with van der Waals surface area (Å²) in [7, 11) is 1.64. The molecule has 4 saturated heterocycles. The monoisotopic (exact) mass is 449 g/mol. The molecule has 0 spiro atoms. The molecule has 6 nitrogen and oxygen atoms in total. The van der Waals surface area contributed by atoms with Gasteiger partial charge in [0.05, 0.1) is 19.1 Å². The molecule has 5 atom stereocenters. The van der Waals surface area contributed by atoms with Crippen LogP contribution in [0.5, 0.6) is 5.75 Å². The molecule has 2 amide bonds. The second-order valence-corrected chi connectivity index (χ2v) is 10.6. The zero-order chi connectivity index (χ0) is 22.5. The number of anilines is 1. The maximum atomic E-state index is 13.8. The molecule has 176 valence electrons. The maximum Gasteiger partial charge on any atom is 0.228 e. The Labute approximate surface area is 196 Å². The maximum absolute atomic E-state index is 13.8. The molecule has 5 aliphatic rings. The minimum absolute atomic E-state index is 0.0452. The average molecular weight is 450 g/mol. The van der Waals surface area contributed by atoms with E-state index in [0.717, 1.165) is 43.4 Å². The van der Waals surface area contributed by atoms with Crippen LogP contribution in [0.1, 0.15) is 44.9 Å². The van der Waals surface area contributed by atoms with E-state index in [1.54, 1.807) is 12.0 Å². The zero-order valence-electron chi connectivity index (χ0n) is 19.6. The van der Waals surface area contributed by atoms with Crippen LogP contribution in [0, 0.1) is 17.8 Å². The molecule has 0 N–H and O–H groups in total. The summed E-state index contributed by atoms with van der Waals surface area (Å²) < 4.78 is 5.24. The van der Waals surface area contributed by atoms with E-state index in [2.05, 4.69) is 15.9 Å². The van der Waals surface area contributed by atoms with E-state index in [4.69, 9.17) is 4.74 Å². The van der Waals surface area contributed by atoms with E-state index in [9.17, 15) is 9.59 Å². The van der Waals surface area contributed by atoms with Crippen LogP contribution in [-0.4, -0.2) is 67.0 Å². The molecule has 1 aliphatic carbocycles. The first-order valence-electron chi connectivity index (χ1n) is 12.8. The van der Waals surface area contributed by atoms with Gasteiger partial charge >= 0.3 is 0 Å². The number of rotatable bonds is 3. The summed E-state index contributed by atoms with van der Waals surface area (Å²) in [6, 6.07) is 8.52. The number of hydrogen-bond donors (Lipinski definition) is 0. The highest BCUT2D eigenvalue weighted by atomic mass is 16.5. The lowest BCUT2D eigenvalue weighted by Gasteiger charge is -2.55. The van der Waals surface area contributed by atoms with Crippen LogP contribution in [0.4, 0.5) is 5.69 Å². The molecule has 33 heavy (non-hydrogen) atoms. The van der Waals surface area contributed by atoms with E-state index in [-0.39, 0.29) is 23.8 Å². The highest BCUT2D eigenvalue weighted by Crippen LogP contribution is 2.45. The molecule has 4 aliphatic heterocycles. The van der Waals surface area contributed by atoms with Gasteiger partial charge in [0, 0.05) is 37.8 Å². The van der Waals surface area contributed by atoms with Crippen LogP contribution in [0.15, 0.2) is 35.9 Å². The van der Waals surface area contributed by atoms with E-state index < -0.39 is 0 Å². The van der Waals surface area contributed by atoms with Gasteiger partial charge in [-0.1, -0.05) is 18.1 Å². The average Bonchev–Trinajstić information content (AvgIpc) is 3.25. The van der Waals surface area contributed by atoms with Crippen LogP contribution in [-0.2, 0) is 9.59 Å². The van der Waals surface area contributed by atoms with Gasteiger partial charge in [-0.15, -0.1) is 0 Å². The number of amides is 2. The van der Waals surface area contributed by atoms with Crippen molar-refractivity contribution in [2.45, 2.75) is 57.0 Å². The molecular formula is C27H35N3O3. The van der Waals surface area contributed by atoms with Gasteiger partial charge in [0.1, 0.15) is 5.75 Å². The number of fused-ring (bicyclic) bond motifs is 6. The molecule has 6 rings (SSSR count). The van der Waals surface area contributed by atoms with E-state index in [1.165, 1.54) is 37.8 Å². The van der Waals surface area contributed by atoms with Crippen LogP contribution < -0.4 is 9.64 Å². The first kappa shape index (κ1) is 21.2. The summed E-state index contributed by atoms with van der Waals surface area (Å²) in [5.41, 5.74) is 2.36. The summed E-state index contributed by atoms with van der Waals surface area (Å²) in [5, 5.41) is 0. The van der Waals surface area contributed by atoms with Gasteiger partial charge in [-0.25, -0.2) is 0 Å². The van der Waals surface area contributed by atoms with Gasteiger partial charge in [0.25, 0.3) is 0 Å². The fraction of sp³-hybridized carbons (Fsp3) is 0.630. The standard InChI is InChI=1S/C27H35N3O3/c1-33-23-9-7-22(8-10-23)30-17-21(15-25(30)31)27(32)29-12-4-5-18-13-19-14-20(26(18)29)16-28-11-3-2-6-24(19)28/h7-10,13,19-21,24,26H,2-6,11-12,14-17H2,1H3/t19-,20-,21+,24-,26-/m0/s1. The fourth-order valence-electron chi connectivity index (χ4n) is 7.34. The Morgan fingerprint density at radius 3 is 2.73 bits per heavy atom. The third-order valence-corrected chi connectivity index (χ3v) is 8.80. The first-order chi connectivity index (χ1) is 16.1. The van der Waals surface area contributed by atoms with E-state index in [0.29, 0.717) is 24.8 Å². The predicted molar refractivity (Wildman–Crippen MR) is 127 cm³/mol. The first-order valence-corrected chi connectivity index (χ1v) is 12.8. The molecule has 0 saturated carbocycles. The molecule has 1 aromatic carbocycles. The van der Waals surface area contributed by atoms with Gasteiger partial charge in [-0.05, 0) is 74.8 Å². The predicted octanol–water partition coefficient (Wildman–Crippen LogP) is 3.47. The Morgan fingerprint density at radius 2 is 1.91 bits per heavy atom. The highest BCUT2D eigenvalue weighted by molar-refractivity contribution is 6.00. The summed E-state index contributed by atoms with van der Waals surface area (Å²) in [5.74, 6) is 1.97. The van der Waals surface area contributed by atoms with Gasteiger partial charge in [0.2, 0.25) is 11.8 Å². The van der Waals surface area contributed by atoms with Crippen molar-refractivity contribution < 1.29 is 14.3 Å². The SMILES string of the molecule is COc1ccc(N2C[C@H](C(=O)N3CCCC4=C[C@H]5C[C@@H](CN6CCCC[C@@H]56)[C@H]43)CC2=O)cc1. The molecule has 2 bridgehead atoms. The lowest BCUT2D eigenvalue weighted by atomic mass is 9.68. The third-order valence-electron chi connectivity index (χ3n) is 8.80. The number of nitrogens with zero attached hydrogens (tertiary/aromatic N) is 3. The lowest BCUT2D eigenvalue weighted by Crippen LogP contribution is -2.60. The Balaban J connectivity index is 1.21. The highest BCUT2D eigenvalue weighted by Gasteiger charge is 2.48. The number of likely N-dealkylation sites (tertiary alicyclic amines) is 1. The smallest absolute Gasteiger partial charge is 0.228 e. The van der Waals surface area contributed by atoms with Crippen LogP contribution in [0.25, 0.3) is 0 Å². The summed E-state index contributed by atoms with van der Waals surface area (Å²) >= 11 is 0. The minimum atomic E-state index is -0.247. The van der Waals surface area contributed by atoms with E-state index in [1.807, 2.05) is 24.3 Å². The normalized spacial score (nSPS) is 33.9. The number of benzene rings is 1. The fourth-order valence-corrected chi connectivity index (χ4v) is 7.34. The zero-order valence-corrected chi connectivity index (χ0v) is 19.6. The largest absolute Gasteiger partial charge is 0.497 e. The number of carbonyl (C=O) groups excluding carboxylic acids is 2. The van der Waals surface area contributed by atoms with Crippen molar-refractivity contribution in [3.05, 3.63) is 35.9 Å². The van der Waals surface area contributed by atoms with Crippen LogP contribution in [0.2, 0.25) is 0 Å². The van der Waals surface area contributed by atoms with Crippen LogP contribution in [0.3, 0.4) is 0 Å². The molecule has 0 aromatic heterocycles. The second-order valence-electron chi connectivity index (χ2n) is 10.6. The Bertz CT molecular complexity index is 958. The number of carbonyl (C=O) groups is 2. The topological polar surface area (TPSA) is 53.1 Å². The molecule has 0 radical (unpaired) electrons. The quantitative estimate of drug-likeness (QED) is 0.663. The molecule has 4 fully saturated rings. The summed E-state index contributed by atoms with van der Waals surface area (Å²) in [4.78, 5) is 33.3. The van der Waals surface area contributed by atoms with Crippen LogP contribution >= 0.6 is 0 Å².